The Bertz CT molecular complexity index is 445. The van der Waals surface area contributed by atoms with Gasteiger partial charge in [0.05, 0.1) is 17.7 Å². The predicted molar refractivity (Wildman–Crippen MR) is 76.9 cm³/mol. The number of esters is 1. The van der Waals surface area contributed by atoms with E-state index in [1.54, 1.807) is 12.1 Å². The van der Waals surface area contributed by atoms with Crippen LogP contribution < -0.4 is 10.6 Å². The number of methoxy groups -OCH3 is 1. The van der Waals surface area contributed by atoms with Crippen LogP contribution in [0.2, 0.25) is 5.02 Å². The molecule has 2 rings (SSSR count). The van der Waals surface area contributed by atoms with E-state index in [0.717, 1.165) is 25.3 Å². The Morgan fingerprint density at radius 3 is 2.89 bits per heavy atom. The molecule has 0 aromatic heterocycles. The highest BCUT2D eigenvalue weighted by Gasteiger charge is 2.14. The molecule has 0 radical (unpaired) electrons. The second-order valence-corrected chi connectivity index (χ2v) is 5.17. The number of carbonyl (C=O) groups excluding carboxylic acids is 1. The van der Waals surface area contributed by atoms with Crippen molar-refractivity contribution in [3.8, 4) is 0 Å². The molecule has 104 valence electrons. The predicted octanol–water partition coefficient (Wildman–Crippen LogP) is 2.54. The molecule has 0 aliphatic carbocycles. The summed E-state index contributed by atoms with van der Waals surface area (Å²) in [5.41, 5.74) is 1.31. The number of anilines is 1. The molecular weight excluding hydrogens is 264 g/mol. The highest BCUT2D eigenvalue weighted by Crippen LogP contribution is 2.22. The van der Waals surface area contributed by atoms with Crippen LogP contribution >= 0.6 is 11.6 Å². The molecular formula is C14H19ClN2O2. The van der Waals surface area contributed by atoms with Crippen molar-refractivity contribution in [1.82, 2.24) is 5.32 Å². The number of carbonyl (C=O) groups is 1. The summed E-state index contributed by atoms with van der Waals surface area (Å²) >= 11 is 5.98. The van der Waals surface area contributed by atoms with Crippen LogP contribution in [0.1, 0.15) is 23.2 Å². The van der Waals surface area contributed by atoms with Gasteiger partial charge in [-0.3, -0.25) is 0 Å². The van der Waals surface area contributed by atoms with Gasteiger partial charge in [0, 0.05) is 12.2 Å². The Balaban J connectivity index is 1.98. The fourth-order valence-electron chi connectivity index (χ4n) is 2.25. The highest BCUT2D eigenvalue weighted by molar-refractivity contribution is 6.33. The van der Waals surface area contributed by atoms with Gasteiger partial charge in [0.1, 0.15) is 0 Å². The normalized spacial score (nSPS) is 16.1. The lowest BCUT2D eigenvalue weighted by Crippen LogP contribution is -2.31. The molecule has 1 heterocycles. The SMILES string of the molecule is COC(=O)c1cc(NCC2CCNCC2)ccc1Cl. The van der Waals surface area contributed by atoms with Crippen molar-refractivity contribution in [1.29, 1.82) is 0 Å². The zero-order valence-corrected chi connectivity index (χ0v) is 11.8. The summed E-state index contributed by atoms with van der Waals surface area (Å²) in [6.45, 7) is 3.09. The summed E-state index contributed by atoms with van der Waals surface area (Å²) in [6, 6.07) is 5.35. The van der Waals surface area contributed by atoms with E-state index < -0.39 is 5.97 Å². The first-order valence-corrected chi connectivity index (χ1v) is 6.91. The third-order valence-electron chi connectivity index (χ3n) is 3.43. The van der Waals surface area contributed by atoms with Crippen LogP contribution in [0.3, 0.4) is 0 Å². The van der Waals surface area contributed by atoms with E-state index in [0.29, 0.717) is 16.5 Å². The van der Waals surface area contributed by atoms with Crippen molar-refractivity contribution in [3.05, 3.63) is 28.8 Å². The Morgan fingerprint density at radius 1 is 1.47 bits per heavy atom. The molecule has 0 spiro atoms. The van der Waals surface area contributed by atoms with Gasteiger partial charge in [-0.15, -0.1) is 0 Å². The minimum absolute atomic E-state index is 0.402. The minimum Gasteiger partial charge on any atom is -0.465 e. The van der Waals surface area contributed by atoms with Gasteiger partial charge >= 0.3 is 5.97 Å². The fourth-order valence-corrected chi connectivity index (χ4v) is 2.44. The number of rotatable bonds is 4. The number of hydrogen-bond acceptors (Lipinski definition) is 4. The topological polar surface area (TPSA) is 50.4 Å². The largest absolute Gasteiger partial charge is 0.465 e. The second kappa shape index (κ2) is 6.78. The van der Waals surface area contributed by atoms with E-state index in [9.17, 15) is 4.79 Å². The van der Waals surface area contributed by atoms with Crippen LogP contribution in [0.15, 0.2) is 18.2 Å². The first-order valence-electron chi connectivity index (χ1n) is 6.53. The molecule has 5 heteroatoms. The van der Waals surface area contributed by atoms with Gasteiger partial charge in [-0.25, -0.2) is 4.79 Å². The Kier molecular flexibility index (Phi) is 5.05. The van der Waals surface area contributed by atoms with Gasteiger partial charge < -0.3 is 15.4 Å². The maximum absolute atomic E-state index is 11.5. The number of halogens is 1. The molecule has 0 amide bonds. The number of nitrogens with one attached hydrogen (secondary N) is 2. The number of hydrogen-bond donors (Lipinski definition) is 2. The monoisotopic (exact) mass is 282 g/mol. The molecule has 1 saturated heterocycles. The van der Waals surface area contributed by atoms with Gasteiger partial charge in [0.2, 0.25) is 0 Å². The van der Waals surface area contributed by atoms with E-state index in [-0.39, 0.29) is 0 Å². The molecule has 0 bridgehead atoms. The summed E-state index contributed by atoms with van der Waals surface area (Å²) in [5.74, 6) is 0.272. The summed E-state index contributed by atoms with van der Waals surface area (Å²) in [6.07, 6.45) is 2.37. The quantitative estimate of drug-likeness (QED) is 0.834. The summed E-state index contributed by atoms with van der Waals surface area (Å²) in [7, 11) is 1.35. The summed E-state index contributed by atoms with van der Waals surface area (Å²) in [5, 5.41) is 7.13. The van der Waals surface area contributed by atoms with Crippen LogP contribution in [0.25, 0.3) is 0 Å². The van der Waals surface area contributed by atoms with Crippen molar-refractivity contribution in [2.45, 2.75) is 12.8 Å². The molecule has 0 atom stereocenters. The summed E-state index contributed by atoms with van der Waals surface area (Å²) in [4.78, 5) is 11.5. The first-order chi connectivity index (χ1) is 9.20. The van der Waals surface area contributed by atoms with Crippen molar-refractivity contribution >= 4 is 23.3 Å². The second-order valence-electron chi connectivity index (χ2n) is 4.76. The molecule has 0 unspecified atom stereocenters. The maximum Gasteiger partial charge on any atom is 0.339 e. The lowest BCUT2D eigenvalue weighted by molar-refractivity contribution is 0.0601. The van der Waals surface area contributed by atoms with Crippen molar-refractivity contribution in [3.63, 3.8) is 0 Å². The Hall–Kier alpha value is -1.26. The minimum atomic E-state index is -0.407. The number of ether oxygens (including phenoxy) is 1. The average Bonchev–Trinajstić information content (AvgIpc) is 2.46. The molecule has 19 heavy (non-hydrogen) atoms. The zero-order valence-electron chi connectivity index (χ0n) is 11.0. The number of piperidine rings is 1. The van der Waals surface area contributed by atoms with Crippen LogP contribution in [-0.4, -0.2) is 32.7 Å². The standard InChI is InChI=1S/C14H19ClN2O2/c1-19-14(18)12-8-11(2-3-13(12)15)17-9-10-4-6-16-7-5-10/h2-3,8,10,16-17H,4-7,9H2,1H3. The molecule has 1 fully saturated rings. The smallest absolute Gasteiger partial charge is 0.339 e. The zero-order chi connectivity index (χ0) is 13.7. The van der Waals surface area contributed by atoms with Crippen LogP contribution in [-0.2, 0) is 4.74 Å². The number of benzene rings is 1. The van der Waals surface area contributed by atoms with E-state index in [1.807, 2.05) is 6.07 Å². The molecule has 2 N–H and O–H groups in total. The fraction of sp³-hybridized carbons (Fsp3) is 0.500. The average molecular weight is 283 g/mol. The van der Waals surface area contributed by atoms with Gasteiger partial charge in [0.15, 0.2) is 0 Å². The van der Waals surface area contributed by atoms with E-state index in [4.69, 9.17) is 16.3 Å². The van der Waals surface area contributed by atoms with Crippen LogP contribution in [0.4, 0.5) is 5.69 Å². The van der Waals surface area contributed by atoms with Crippen LogP contribution in [0.5, 0.6) is 0 Å². The van der Waals surface area contributed by atoms with E-state index in [2.05, 4.69) is 10.6 Å². The van der Waals surface area contributed by atoms with Crippen LogP contribution in [0, 0.1) is 5.92 Å². The highest BCUT2D eigenvalue weighted by atomic mass is 35.5. The van der Waals surface area contributed by atoms with Gasteiger partial charge in [0.25, 0.3) is 0 Å². The lowest BCUT2D eigenvalue weighted by Gasteiger charge is -2.23. The molecule has 1 aromatic carbocycles. The van der Waals surface area contributed by atoms with Gasteiger partial charge in [-0.05, 0) is 50.0 Å². The maximum atomic E-state index is 11.5. The lowest BCUT2D eigenvalue weighted by atomic mass is 9.98. The molecule has 1 aliphatic heterocycles. The van der Waals surface area contributed by atoms with Crippen molar-refractivity contribution < 1.29 is 9.53 Å². The van der Waals surface area contributed by atoms with Gasteiger partial charge in [-0.2, -0.15) is 0 Å². The van der Waals surface area contributed by atoms with Crippen molar-refractivity contribution in [2.75, 3.05) is 32.1 Å². The summed E-state index contributed by atoms with van der Waals surface area (Å²) < 4.78 is 4.71. The Morgan fingerprint density at radius 2 is 2.21 bits per heavy atom. The molecule has 4 nitrogen and oxygen atoms in total. The molecule has 1 aliphatic rings. The first kappa shape index (κ1) is 14.2. The Labute approximate surface area is 118 Å². The van der Waals surface area contributed by atoms with Gasteiger partial charge in [-0.1, -0.05) is 11.6 Å². The third-order valence-corrected chi connectivity index (χ3v) is 3.75. The van der Waals surface area contributed by atoms with Crippen molar-refractivity contribution in [2.24, 2.45) is 5.92 Å². The van der Waals surface area contributed by atoms with E-state index in [1.165, 1.54) is 20.0 Å². The third kappa shape index (κ3) is 3.85. The van der Waals surface area contributed by atoms with E-state index >= 15 is 0 Å². The molecule has 1 aromatic rings. The molecule has 0 saturated carbocycles.